The summed E-state index contributed by atoms with van der Waals surface area (Å²) in [5.41, 5.74) is 0.579. The molecule has 0 bridgehead atoms. The highest BCUT2D eigenvalue weighted by atomic mass is 32.2. The Morgan fingerprint density at radius 3 is 2.58 bits per heavy atom. The van der Waals surface area contributed by atoms with Crippen molar-refractivity contribution in [3.8, 4) is 0 Å². The van der Waals surface area contributed by atoms with Crippen LogP contribution in [0.25, 0.3) is 0 Å². The number of benzene rings is 1. The van der Waals surface area contributed by atoms with E-state index in [1.807, 2.05) is 6.07 Å². The van der Waals surface area contributed by atoms with Gasteiger partial charge in [-0.25, -0.2) is 8.42 Å². The molecule has 0 amide bonds. The van der Waals surface area contributed by atoms with Crippen LogP contribution in [0.5, 0.6) is 0 Å². The largest absolute Gasteiger partial charge is 0.465 e. The summed E-state index contributed by atoms with van der Waals surface area (Å²) in [5, 5.41) is 0. The van der Waals surface area contributed by atoms with Crippen molar-refractivity contribution < 1.29 is 17.9 Å². The zero-order valence-electron chi connectivity index (χ0n) is 11.0. The summed E-state index contributed by atoms with van der Waals surface area (Å²) in [5.74, 6) is -0.673. The van der Waals surface area contributed by atoms with Gasteiger partial charge in [-0.2, -0.15) is 0 Å². The van der Waals surface area contributed by atoms with Crippen LogP contribution in [0.1, 0.15) is 20.3 Å². The highest BCUT2D eigenvalue weighted by Crippen LogP contribution is 2.37. The molecule has 1 fully saturated rings. The topological polar surface area (TPSA) is 63.7 Å². The molecule has 104 valence electrons. The molecule has 0 N–H and O–H groups in total. The highest BCUT2D eigenvalue weighted by Gasteiger charge is 2.55. The van der Waals surface area contributed by atoms with E-state index < -0.39 is 20.7 Å². The Labute approximate surface area is 113 Å². The van der Waals surface area contributed by atoms with Gasteiger partial charge in [-0.05, 0) is 32.4 Å². The normalized spacial score (nSPS) is 25.3. The Morgan fingerprint density at radius 1 is 1.37 bits per heavy atom. The van der Waals surface area contributed by atoms with Crippen molar-refractivity contribution in [1.29, 1.82) is 0 Å². The first-order valence-electron chi connectivity index (χ1n) is 6.18. The molecule has 1 atom stereocenters. The van der Waals surface area contributed by atoms with Crippen LogP contribution in [0.15, 0.2) is 30.3 Å². The molecule has 1 aliphatic rings. The molecule has 1 saturated heterocycles. The Hall–Kier alpha value is -1.56. The van der Waals surface area contributed by atoms with Crippen molar-refractivity contribution in [3.05, 3.63) is 30.3 Å². The van der Waals surface area contributed by atoms with Crippen LogP contribution >= 0.6 is 0 Å². The summed E-state index contributed by atoms with van der Waals surface area (Å²) in [7, 11) is -3.74. The number of nitrogens with zero attached hydrogens (tertiary/aromatic N) is 1. The standard InChI is InChI=1S/C13H17NO4S/c1-3-18-12(15)13(2)9-10-14(19(13,16)17)11-7-5-4-6-8-11/h4-8H,3,9-10H2,1-2H3. The first kappa shape index (κ1) is 13.9. The molecule has 1 unspecified atom stereocenters. The minimum Gasteiger partial charge on any atom is -0.465 e. The Kier molecular flexibility index (Phi) is 3.54. The van der Waals surface area contributed by atoms with Crippen molar-refractivity contribution in [2.45, 2.75) is 25.0 Å². The number of carbonyl (C=O) groups excluding carboxylic acids is 1. The van der Waals surface area contributed by atoms with E-state index in [1.165, 1.54) is 11.2 Å². The van der Waals surface area contributed by atoms with Gasteiger partial charge in [0.15, 0.2) is 4.75 Å². The van der Waals surface area contributed by atoms with E-state index >= 15 is 0 Å². The molecule has 1 heterocycles. The first-order valence-corrected chi connectivity index (χ1v) is 7.62. The SMILES string of the molecule is CCOC(=O)C1(C)CCN(c2ccccc2)S1(=O)=O. The summed E-state index contributed by atoms with van der Waals surface area (Å²) in [6, 6.07) is 8.79. The Balaban J connectivity index is 2.38. The lowest BCUT2D eigenvalue weighted by molar-refractivity contribution is -0.145. The number of hydrogen-bond acceptors (Lipinski definition) is 4. The Morgan fingerprint density at radius 2 is 2.00 bits per heavy atom. The van der Waals surface area contributed by atoms with Gasteiger partial charge < -0.3 is 4.74 Å². The summed E-state index contributed by atoms with van der Waals surface area (Å²) in [4.78, 5) is 11.9. The fraction of sp³-hybridized carbons (Fsp3) is 0.462. The van der Waals surface area contributed by atoms with Crippen LogP contribution in [0.4, 0.5) is 5.69 Å². The molecular formula is C13H17NO4S. The zero-order valence-corrected chi connectivity index (χ0v) is 11.8. The summed E-state index contributed by atoms with van der Waals surface area (Å²) < 4.78 is 29.8. The van der Waals surface area contributed by atoms with E-state index in [0.717, 1.165) is 0 Å². The first-order chi connectivity index (χ1) is 8.93. The lowest BCUT2D eigenvalue weighted by atomic mass is 10.1. The zero-order chi connectivity index (χ0) is 14.1. The number of anilines is 1. The molecule has 6 heteroatoms. The van der Waals surface area contributed by atoms with Crippen molar-refractivity contribution in [1.82, 2.24) is 0 Å². The van der Waals surface area contributed by atoms with E-state index in [9.17, 15) is 13.2 Å². The predicted octanol–water partition coefficient (Wildman–Crippen LogP) is 1.55. The molecular weight excluding hydrogens is 266 g/mol. The molecule has 2 rings (SSSR count). The number of rotatable bonds is 3. The smallest absolute Gasteiger partial charge is 0.329 e. The van der Waals surface area contributed by atoms with Crippen LogP contribution < -0.4 is 4.31 Å². The summed E-state index contributed by atoms with van der Waals surface area (Å²) >= 11 is 0. The average Bonchev–Trinajstić information content (AvgIpc) is 2.63. The van der Waals surface area contributed by atoms with Gasteiger partial charge in [0.1, 0.15) is 0 Å². The van der Waals surface area contributed by atoms with Crippen LogP contribution in [0.3, 0.4) is 0 Å². The van der Waals surface area contributed by atoms with Crippen LogP contribution in [0, 0.1) is 0 Å². The molecule has 1 aliphatic heterocycles. The van der Waals surface area contributed by atoms with E-state index in [4.69, 9.17) is 4.74 Å². The van der Waals surface area contributed by atoms with Crippen molar-refractivity contribution in [2.75, 3.05) is 17.5 Å². The maximum Gasteiger partial charge on any atom is 0.329 e. The number of sulfonamides is 1. The summed E-state index contributed by atoms with van der Waals surface area (Å²) in [6.45, 7) is 3.57. The third-order valence-electron chi connectivity index (χ3n) is 3.40. The van der Waals surface area contributed by atoms with Gasteiger partial charge in [0.05, 0.1) is 12.3 Å². The molecule has 0 saturated carbocycles. The fourth-order valence-corrected chi connectivity index (χ4v) is 4.00. The Bertz CT molecular complexity index is 570. The monoisotopic (exact) mass is 283 g/mol. The minimum atomic E-state index is -3.74. The quantitative estimate of drug-likeness (QED) is 0.790. The van der Waals surface area contributed by atoms with Gasteiger partial charge in [0.2, 0.25) is 0 Å². The third kappa shape index (κ3) is 2.10. The van der Waals surface area contributed by atoms with Crippen molar-refractivity contribution in [3.63, 3.8) is 0 Å². The van der Waals surface area contributed by atoms with Crippen LogP contribution in [-0.2, 0) is 19.6 Å². The van der Waals surface area contributed by atoms with Crippen LogP contribution in [-0.4, -0.2) is 32.3 Å². The van der Waals surface area contributed by atoms with Gasteiger partial charge in [-0.1, -0.05) is 18.2 Å². The molecule has 0 radical (unpaired) electrons. The molecule has 1 aromatic rings. The van der Waals surface area contributed by atoms with E-state index in [-0.39, 0.29) is 13.0 Å². The number of esters is 1. The minimum absolute atomic E-state index is 0.176. The number of ether oxygens (including phenoxy) is 1. The van der Waals surface area contributed by atoms with E-state index in [0.29, 0.717) is 12.2 Å². The number of para-hydroxylation sites is 1. The second-order valence-electron chi connectivity index (χ2n) is 4.61. The van der Waals surface area contributed by atoms with E-state index in [1.54, 1.807) is 31.2 Å². The van der Waals surface area contributed by atoms with Crippen molar-refractivity contribution in [2.24, 2.45) is 0 Å². The third-order valence-corrected chi connectivity index (χ3v) is 5.89. The maximum atomic E-state index is 12.6. The maximum absolute atomic E-state index is 12.6. The average molecular weight is 283 g/mol. The van der Waals surface area contributed by atoms with Crippen LogP contribution in [0.2, 0.25) is 0 Å². The van der Waals surface area contributed by atoms with Gasteiger partial charge in [-0.15, -0.1) is 0 Å². The lowest BCUT2D eigenvalue weighted by Gasteiger charge is -2.23. The fourth-order valence-electron chi connectivity index (χ4n) is 2.16. The molecule has 5 nitrogen and oxygen atoms in total. The second kappa shape index (κ2) is 4.85. The molecule has 0 aliphatic carbocycles. The van der Waals surface area contributed by atoms with Gasteiger partial charge in [-0.3, -0.25) is 9.10 Å². The molecule has 1 aromatic carbocycles. The molecule has 0 aromatic heterocycles. The number of carbonyl (C=O) groups is 1. The van der Waals surface area contributed by atoms with Gasteiger partial charge in [0, 0.05) is 6.54 Å². The van der Waals surface area contributed by atoms with Gasteiger partial charge >= 0.3 is 5.97 Å². The molecule has 19 heavy (non-hydrogen) atoms. The summed E-state index contributed by atoms with van der Waals surface area (Å²) in [6.07, 6.45) is 0.239. The molecule has 0 spiro atoms. The number of hydrogen-bond donors (Lipinski definition) is 0. The second-order valence-corrected chi connectivity index (χ2v) is 6.91. The van der Waals surface area contributed by atoms with Gasteiger partial charge in [0.25, 0.3) is 10.0 Å². The lowest BCUT2D eigenvalue weighted by Crippen LogP contribution is -2.45. The predicted molar refractivity (Wildman–Crippen MR) is 72.4 cm³/mol. The van der Waals surface area contributed by atoms with E-state index in [2.05, 4.69) is 0 Å². The van der Waals surface area contributed by atoms with Crippen molar-refractivity contribution >= 4 is 21.7 Å². The highest BCUT2D eigenvalue weighted by molar-refractivity contribution is 7.95.